The van der Waals surface area contributed by atoms with Gasteiger partial charge in [0.25, 0.3) is 0 Å². The van der Waals surface area contributed by atoms with Crippen molar-refractivity contribution in [3.63, 3.8) is 0 Å². The van der Waals surface area contributed by atoms with Crippen LogP contribution in [0, 0.1) is 0 Å². The van der Waals surface area contributed by atoms with E-state index in [1.54, 1.807) is 23.5 Å². The van der Waals surface area contributed by atoms with Crippen LogP contribution >= 0.6 is 23.5 Å². The van der Waals surface area contributed by atoms with Gasteiger partial charge in [-0.15, -0.1) is 0 Å². The molecular formula is C24H16BN2O2S2. The van der Waals surface area contributed by atoms with Crippen LogP contribution in [0.2, 0.25) is 0 Å². The predicted molar refractivity (Wildman–Crippen MR) is 128 cm³/mol. The minimum atomic E-state index is 0.719. The van der Waals surface area contributed by atoms with Crippen molar-refractivity contribution in [3.8, 4) is 11.5 Å². The number of para-hydroxylation sites is 4. The van der Waals surface area contributed by atoms with E-state index in [2.05, 4.69) is 47.0 Å². The monoisotopic (exact) mass is 439 g/mol. The quantitative estimate of drug-likeness (QED) is 0.286. The second-order valence-electron chi connectivity index (χ2n) is 7.04. The van der Waals surface area contributed by atoms with Gasteiger partial charge in [0.05, 0.1) is 22.7 Å². The average molecular weight is 439 g/mol. The van der Waals surface area contributed by atoms with Crippen molar-refractivity contribution >= 4 is 54.0 Å². The van der Waals surface area contributed by atoms with Crippen molar-refractivity contribution in [2.75, 3.05) is 10.6 Å². The van der Waals surface area contributed by atoms with Gasteiger partial charge in [0.15, 0.2) is 0 Å². The van der Waals surface area contributed by atoms with E-state index in [1.807, 2.05) is 48.5 Å². The SMILES string of the molecule is [B](Oc1cccc2c1Nc1ccccc1S2)Oc1cccc2c1Nc1ccccc1S2. The van der Waals surface area contributed by atoms with Crippen molar-refractivity contribution in [3.05, 3.63) is 84.9 Å². The molecule has 0 fully saturated rings. The standard InChI is InChI=1S/C24H16BN2O2S2/c1-3-11-19-15(7-1)26-23-17(9-5-13-21(23)30-19)28-25-29-18-10-6-14-22-24(18)27-16-8-2-4-12-20(16)31-22/h1-14,26-27H. The summed E-state index contributed by atoms with van der Waals surface area (Å²) in [4.78, 5) is 4.65. The van der Waals surface area contributed by atoms with Gasteiger partial charge < -0.3 is 19.9 Å². The Kier molecular flexibility index (Phi) is 4.70. The van der Waals surface area contributed by atoms with Crippen LogP contribution in [0.1, 0.15) is 0 Å². The first kappa shape index (κ1) is 18.6. The minimum Gasteiger partial charge on any atom is -0.525 e. The zero-order valence-electron chi connectivity index (χ0n) is 16.3. The van der Waals surface area contributed by atoms with Crippen LogP contribution in [0.5, 0.6) is 11.5 Å². The molecule has 4 aromatic carbocycles. The van der Waals surface area contributed by atoms with Gasteiger partial charge in [-0.05, 0) is 48.5 Å². The summed E-state index contributed by atoms with van der Waals surface area (Å²) in [6.45, 7) is 0. The van der Waals surface area contributed by atoms with Gasteiger partial charge >= 0.3 is 7.69 Å². The van der Waals surface area contributed by atoms with Gasteiger partial charge in [-0.1, -0.05) is 59.9 Å². The van der Waals surface area contributed by atoms with Crippen molar-refractivity contribution in [2.45, 2.75) is 19.6 Å². The van der Waals surface area contributed by atoms with Crippen molar-refractivity contribution in [2.24, 2.45) is 0 Å². The van der Waals surface area contributed by atoms with Crippen molar-refractivity contribution < 1.29 is 9.31 Å². The maximum atomic E-state index is 5.93. The van der Waals surface area contributed by atoms with E-state index >= 15 is 0 Å². The molecule has 2 aliphatic heterocycles. The van der Waals surface area contributed by atoms with Gasteiger partial charge in [-0.3, -0.25) is 0 Å². The lowest BCUT2D eigenvalue weighted by atomic mass is 10.2. The van der Waals surface area contributed by atoms with E-state index < -0.39 is 0 Å². The van der Waals surface area contributed by atoms with Crippen LogP contribution in [0.3, 0.4) is 0 Å². The number of nitrogens with one attached hydrogen (secondary N) is 2. The number of benzene rings is 4. The third-order valence-electron chi connectivity index (χ3n) is 5.06. The third-order valence-corrected chi connectivity index (χ3v) is 7.33. The summed E-state index contributed by atoms with van der Waals surface area (Å²) in [5.74, 6) is 1.44. The van der Waals surface area contributed by atoms with Crippen LogP contribution < -0.4 is 19.9 Å². The summed E-state index contributed by atoms with van der Waals surface area (Å²) in [5, 5.41) is 6.96. The summed E-state index contributed by atoms with van der Waals surface area (Å²) in [6, 6.07) is 28.5. The fraction of sp³-hybridized carbons (Fsp3) is 0. The zero-order valence-corrected chi connectivity index (χ0v) is 17.9. The molecule has 6 rings (SSSR count). The normalized spacial score (nSPS) is 12.8. The molecule has 0 bridgehead atoms. The molecule has 7 heteroatoms. The highest BCUT2D eigenvalue weighted by Gasteiger charge is 2.21. The molecule has 2 aliphatic rings. The molecule has 0 aliphatic carbocycles. The van der Waals surface area contributed by atoms with Crippen LogP contribution in [-0.4, -0.2) is 7.69 Å². The molecule has 2 heterocycles. The summed E-state index contributed by atoms with van der Waals surface area (Å²) in [6.07, 6.45) is 0. The molecule has 4 nitrogen and oxygen atoms in total. The second kappa shape index (κ2) is 7.83. The lowest BCUT2D eigenvalue weighted by Crippen LogP contribution is -2.14. The Hall–Kier alpha value is -3.16. The van der Waals surface area contributed by atoms with E-state index in [9.17, 15) is 0 Å². The molecule has 0 atom stereocenters. The largest absolute Gasteiger partial charge is 0.658 e. The first-order valence-corrected chi connectivity index (χ1v) is 11.5. The molecule has 1 radical (unpaired) electrons. The Morgan fingerprint density at radius 1 is 0.516 bits per heavy atom. The molecule has 149 valence electrons. The number of rotatable bonds is 4. The van der Waals surface area contributed by atoms with Gasteiger partial charge in [0.1, 0.15) is 11.5 Å². The van der Waals surface area contributed by atoms with Crippen LogP contribution in [0.25, 0.3) is 0 Å². The van der Waals surface area contributed by atoms with E-state index in [0.717, 1.165) is 44.0 Å². The maximum absolute atomic E-state index is 5.93. The van der Waals surface area contributed by atoms with Gasteiger partial charge in [0.2, 0.25) is 0 Å². The Morgan fingerprint density at radius 3 is 1.48 bits per heavy atom. The van der Waals surface area contributed by atoms with Crippen LogP contribution in [-0.2, 0) is 0 Å². The highest BCUT2D eigenvalue weighted by Crippen LogP contribution is 2.49. The van der Waals surface area contributed by atoms with Crippen molar-refractivity contribution in [1.82, 2.24) is 0 Å². The fourth-order valence-electron chi connectivity index (χ4n) is 3.59. The summed E-state index contributed by atoms with van der Waals surface area (Å²) >= 11 is 3.46. The second-order valence-corrected chi connectivity index (χ2v) is 9.20. The van der Waals surface area contributed by atoms with E-state index in [4.69, 9.17) is 9.31 Å². The first-order chi connectivity index (χ1) is 15.3. The summed E-state index contributed by atoms with van der Waals surface area (Å²) < 4.78 is 11.9. The number of fused-ring (bicyclic) bond motifs is 4. The molecule has 0 amide bonds. The third kappa shape index (κ3) is 3.50. The van der Waals surface area contributed by atoms with Gasteiger partial charge in [0, 0.05) is 19.6 Å². The van der Waals surface area contributed by atoms with Gasteiger partial charge in [-0.25, -0.2) is 0 Å². The van der Waals surface area contributed by atoms with E-state index in [0.29, 0.717) is 0 Å². The predicted octanol–water partition coefficient (Wildman–Crippen LogP) is 7.10. The molecule has 4 aromatic rings. The van der Waals surface area contributed by atoms with Crippen molar-refractivity contribution in [1.29, 1.82) is 0 Å². The highest BCUT2D eigenvalue weighted by atomic mass is 32.2. The topological polar surface area (TPSA) is 42.5 Å². The fourth-order valence-corrected chi connectivity index (χ4v) is 5.61. The lowest BCUT2D eigenvalue weighted by Gasteiger charge is -2.24. The molecular weight excluding hydrogens is 423 g/mol. The smallest absolute Gasteiger partial charge is 0.525 e. The Bertz CT molecular complexity index is 1200. The highest BCUT2D eigenvalue weighted by molar-refractivity contribution is 8.00. The molecule has 0 saturated carbocycles. The summed E-state index contributed by atoms with van der Waals surface area (Å²) in [5.41, 5.74) is 4.05. The Balaban J connectivity index is 1.20. The molecule has 0 unspecified atom stereocenters. The van der Waals surface area contributed by atoms with E-state index in [1.165, 1.54) is 17.5 Å². The number of hydrogen-bond donors (Lipinski definition) is 2. The Morgan fingerprint density at radius 2 is 0.968 bits per heavy atom. The van der Waals surface area contributed by atoms with E-state index in [-0.39, 0.29) is 0 Å². The maximum Gasteiger partial charge on any atom is 0.658 e. The molecule has 2 N–H and O–H groups in total. The first-order valence-electron chi connectivity index (χ1n) is 9.84. The zero-order chi connectivity index (χ0) is 20.6. The molecule has 0 saturated heterocycles. The number of hydrogen-bond acceptors (Lipinski definition) is 6. The van der Waals surface area contributed by atoms with Crippen LogP contribution in [0.15, 0.2) is 105 Å². The minimum absolute atomic E-state index is 0.719. The lowest BCUT2D eigenvalue weighted by molar-refractivity contribution is 0.460. The van der Waals surface area contributed by atoms with Gasteiger partial charge in [-0.2, -0.15) is 0 Å². The average Bonchev–Trinajstić information content (AvgIpc) is 2.82. The molecule has 0 aromatic heterocycles. The summed E-state index contributed by atoms with van der Waals surface area (Å²) in [7, 11) is 1.39. The molecule has 0 spiro atoms. The Labute approximate surface area is 189 Å². The molecule has 31 heavy (non-hydrogen) atoms. The number of anilines is 4. The van der Waals surface area contributed by atoms with Crippen LogP contribution in [0.4, 0.5) is 22.7 Å².